The van der Waals surface area contributed by atoms with Crippen molar-refractivity contribution in [3.63, 3.8) is 0 Å². The van der Waals surface area contributed by atoms with E-state index in [2.05, 4.69) is 63.0 Å². The van der Waals surface area contributed by atoms with E-state index in [0.29, 0.717) is 11.3 Å². The highest BCUT2D eigenvalue weighted by Crippen LogP contribution is 2.36. The first-order chi connectivity index (χ1) is 14.3. The smallest absolute Gasteiger partial charge is 0.218 e. The zero-order valence-corrected chi connectivity index (χ0v) is 17.9. The van der Waals surface area contributed by atoms with Crippen LogP contribution in [0.15, 0.2) is 54.6 Å². The molecule has 5 heteroatoms. The number of rotatable bonds is 1. The van der Waals surface area contributed by atoms with Gasteiger partial charge >= 0.3 is 11.5 Å². The van der Waals surface area contributed by atoms with Crippen molar-refractivity contribution in [3.05, 3.63) is 65.7 Å². The number of benzene rings is 3. The van der Waals surface area contributed by atoms with Gasteiger partial charge in [0.25, 0.3) is 5.65 Å². The van der Waals surface area contributed by atoms with Crippen molar-refractivity contribution in [2.45, 2.75) is 33.1 Å². The maximum Gasteiger partial charge on any atom is 0.353 e. The van der Waals surface area contributed by atoms with Crippen molar-refractivity contribution in [1.29, 1.82) is 0 Å². The quantitative estimate of drug-likeness (QED) is 0.302. The van der Waals surface area contributed by atoms with E-state index >= 15 is 0 Å². The van der Waals surface area contributed by atoms with Crippen LogP contribution in [0.1, 0.15) is 31.9 Å². The maximum absolute atomic E-state index is 4.91. The topological polar surface area (TPSA) is 55.4 Å². The molecule has 3 aromatic carbocycles. The van der Waals surface area contributed by atoms with E-state index in [4.69, 9.17) is 15.1 Å². The fraction of sp³-hybridized carbons (Fsp3) is 0.240. The largest absolute Gasteiger partial charge is 0.353 e. The van der Waals surface area contributed by atoms with Gasteiger partial charge in [0.15, 0.2) is 0 Å². The first-order valence-electron chi connectivity index (χ1n) is 10.2. The lowest BCUT2D eigenvalue weighted by Crippen LogP contribution is -2.37. The van der Waals surface area contributed by atoms with E-state index in [1.165, 1.54) is 21.9 Å². The number of hydrogen-bond acceptors (Lipinski definition) is 4. The molecule has 2 heterocycles. The Morgan fingerprint density at radius 2 is 1.37 bits per heavy atom. The third-order valence-corrected chi connectivity index (χ3v) is 5.66. The standard InChI is InChI=1S/C25H24N5/c1-15-16-10-6-7-11-17(16)19(25(2,3)4)14-18(15)24-28-22-23(29-30(24)5)27-21-13-9-8-12-20(21)26-22/h6-14H,1-5H3/q+1. The monoisotopic (exact) mass is 394 g/mol. The Labute approximate surface area is 175 Å². The summed E-state index contributed by atoms with van der Waals surface area (Å²) < 4.78 is 1.81. The molecule has 0 atom stereocenters. The highest BCUT2D eigenvalue weighted by atomic mass is 15.3. The first kappa shape index (κ1) is 18.6. The molecule has 2 aromatic heterocycles. The molecule has 0 aliphatic heterocycles. The minimum Gasteiger partial charge on any atom is -0.218 e. The summed E-state index contributed by atoms with van der Waals surface area (Å²) in [6.07, 6.45) is 0. The molecule has 0 radical (unpaired) electrons. The lowest BCUT2D eigenvalue weighted by atomic mass is 9.81. The van der Waals surface area contributed by atoms with Crippen LogP contribution in [0.5, 0.6) is 0 Å². The lowest BCUT2D eigenvalue weighted by molar-refractivity contribution is -0.720. The third-order valence-electron chi connectivity index (χ3n) is 5.66. The average molecular weight is 395 g/mol. The first-order valence-corrected chi connectivity index (χ1v) is 10.2. The molecule has 5 rings (SSSR count). The molecule has 0 aliphatic rings. The Bertz CT molecular complexity index is 1450. The minimum atomic E-state index is 0.000902. The number of aryl methyl sites for hydroxylation is 2. The van der Waals surface area contributed by atoms with Gasteiger partial charge in [-0.2, -0.15) is 0 Å². The van der Waals surface area contributed by atoms with Crippen LogP contribution in [0.4, 0.5) is 0 Å². The Hall–Kier alpha value is -3.47. The average Bonchev–Trinajstić information content (AvgIpc) is 2.72. The summed E-state index contributed by atoms with van der Waals surface area (Å²) in [5.41, 5.74) is 6.32. The molecule has 0 saturated carbocycles. The second kappa shape index (κ2) is 6.52. The van der Waals surface area contributed by atoms with Crippen molar-refractivity contribution >= 4 is 33.1 Å². The SMILES string of the molecule is Cc1c(-c2nc3nc4ccccc4nc3n[n+]2C)cc(C(C)(C)C)c2ccccc12. The molecular weight excluding hydrogens is 370 g/mol. The number of fused-ring (bicyclic) bond motifs is 3. The highest BCUT2D eigenvalue weighted by molar-refractivity contribution is 5.94. The van der Waals surface area contributed by atoms with Gasteiger partial charge in [-0.15, -0.1) is 4.68 Å². The van der Waals surface area contributed by atoms with E-state index in [9.17, 15) is 0 Å². The van der Waals surface area contributed by atoms with Gasteiger partial charge in [0.2, 0.25) is 0 Å². The molecule has 0 spiro atoms. The summed E-state index contributed by atoms with van der Waals surface area (Å²) >= 11 is 0. The number of hydrogen-bond donors (Lipinski definition) is 0. The van der Waals surface area contributed by atoms with Gasteiger partial charge in [-0.3, -0.25) is 0 Å². The fourth-order valence-corrected chi connectivity index (χ4v) is 4.09. The molecule has 5 nitrogen and oxygen atoms in total. The number of aromatic nitrogens is 5. The molecule has 0 unspecified atom stereocenters. The van der Waals surface area contributed by atoms with Gasteiger partial charge in [-0.05, 0) is 57.4 Å². The van der Waals surface area contributed by atoms with Crippen LogP contribution in [0, 0.1) is 6.92 Å². The Balaban J connectivity index is 1.84. The third kappa shape index (κ3) is 2.89. The Morgan fingerprint density at radius 3 is 2.03 bits per heavy atom. The van der Waals surface area contributed by atoms with Crippen LogP contribution in [-0.4, -0.2) is 20.1 Å². The van der Waals surface area contributed by atoms with Crippen molar-refractivity contribution in [2.75, 3.05) is 0 Å². The van der Waals surface area contributed by atoms with Crippen LogP contribution >= 0.6 is 0 Å². The summed E-state index contributed by atoms with van der Waals surface area (Å²) in [5, 5.41) is 7.22. The summed E-state index contributed by atoms with van der Waals surface area (Å²) in [6.45, 7) is 8.90. The molecule has 0 aliphatic carbocycles. The Morgan fingerprint density at radius 1 is 0.767 bits per heavy atom. The molecule has 0 N–H and O–H groups in total. The van der Waals surface area contributed by atoms with E-state index in [1.807, 2.05) is 36.0 Å². The highest BCUT2D eigenvalue weighted by Gasteiger charge is 2.26. The minimum absolute atomic E-state index is 0.000902. The fourth-order valence-electron chi connectivity index (χ4n) is 4.09. The van der Waals surface area contributed by atoms with Crippen molar-refractivity contribution in [1.82, 2.24) is 20.1 Å². The Kier molecular flexibility index (Phi) is 4.03. The van der Waals surface area contributed by atoms with Crippen LogP contribution < -0.4 is 4.68 Å². The van der Waals surface area contributed by atoms with E-state index in [1.54, 1.807) is 0 Å². The molecule has 0 saturated heterocycles. The molecule has 148 valence electrons. The van der Waals surface area contributed by atoms with E-state index < -0.39 is 0 Å². The zero-order chi connectivity index (χ0) is 21.0. The van der Waals surface area contributed by atoms with Crippen LogP contribution in [0.3, 0.4) is 0 Å². The maximum atomic E-state index is 4.91. The number of nitrogens with zero attached hydrogens (tertiary/aromatic N) is 5. The normalized spacial score (nSPS) is 12.2. The molecule has 0 bridgehead atoms. The molecule has 5 aromatic rings. The van der Waals surface area contributed by atoms with E-state index in [-0.39, 0.29) is 5.41 Å². The molecule has 30 heavy (non-hydrogen) atoms. The number of para-hydroxylation sites is 2. The summed E-state index contributed by atoms with van der Waals surface area (Å²) in [7, 11) is 1.92. The van der Waals surface area contributed by atoms with Crippen molar-refractivity contribution in [2.24, 2.45) is 7.05 Å². The van der Waals surface area contributed by atoms with Gasteiger partial charge in [0, 0.05) is 0 Å². The van der Waals surface area contributed by atoms with E-state index in [0.717, 1.165) is 22.4 Å². The zero-order valence-electron chi connectivity index (χ0n) is 17.9. The van der Waals surface area contributed by atoms with Crippen LogP contribution in [0.2, 0.25) is 0 Å². The molecular formula is C25H24N5+. The predicted octanol–water partition coefficient (Wildman–Crippen LogP) is 4.82. The summed E-state index contributed by atoms with van der Waals surface area (Å²) in [6, 6.07) is 18.7. The summed E-state index contributed by atoms with van der Waals surface area (Å²) in [5.74, 6) is 0.792. The summed E-state index contributed by atoms with van der Waals surface area (Å²) in [4.78, 5) is 14.3. The van der Waals surface area contributed by atoms with Gasteiger partial charge < -0.3 is 0 Å². The molecule has 0 fully saturated rings. The van der Waals surface area contributed by atoms with Crippen LogP contribution in [-0.2, 0) is 12.5 Å². The van der Waals surface area contributed by atoms with Gasteiger partial charge in [0.1, 0.15) is 7.05 Å². The second-order valence-corrected chi connectivity index (χ2v) is 8.81. The van der Waals surface area contributed by atoms with Crippen molar-refractivity contribution < 1.29 is 4.68 Å². The lowest BCUT2D eigenvalue weighted by Gasteiger charge is -2.23. The van der Waals surface area contributed by atoms with Gasteiger partial charge in [-0.25, -0.2) is 9.97 Å². The van der Waals surface area contributed by atoms with Gasteiger partial charge in [0.05, 0.1) is 16.6 Å². The molecule has 0 amide bonds. The van der Waals surface area contributed by atoms with Crippen LogP contribution in [0.25, 0.3) is 44.5 Å². The second-order valence-electron chi connectivity index (χ2n) is 8.81. The van der Waals surface area contributed by atoms with Gasteiger partial charge in [-0.1, -0.05) is 62.3 Å². The predicted molar refractivity (Wildman–Crippen MR) is 120 cm³/mol. The van der Waals surface area contributed by atoms with Crippen molar-refractivity contribution in [3.8, 4) is 11.4 Å².